The molecule has 0 fully saturated rings. The third-order valence-electron chi connectivity index (χ3n) is 3.24. The first-order chi connectivity index (χ1) is 10.9. The van der Waals surface area contributed by atoms with Gasteiger partial charge in [-0.05, 0) is 19.1 Å². The maximum absolute atomic E-state index is 12.0. The molecule has 0 unspecified atom stereocenters. The molecule has 1 amide bonds. The van der Waals surface area contributed by atoms with E-state index in [1.54, 1.807) is 12.1 Å². The van der Waals surface area contributed by atoms with Gasteiger partial charge >= 0.3 is 0 Å². The topological polar surface area (TPSA) is 46.2 Å². The van der Waals surface area contributed by atoms with Crippen molar-refractivity contribution in [2.45, 2.75) is 19.8 Å². The molecule has 2 rings (SSSR count). The number of hydrogen-bond donors (Lipinski definition) is 1. The van der Waals surface area contributed by atoms with E-state index in [1.165, 1.54) is 12.1 Å². The third-order valence-corrected chi connectivity index (χ3v) is 4.27. The van der Waals surface area contributed by atoms with E-state index < -0.39 is 0 Å². The standard InChI is InChI=1S/C17H14Cl3NO2/c1-10-2-4-11(5-3-10)16(22)6-7-17(23)21-15-9-13(19)12(18)8-14(15)20/h2-5,8-9H,6-7H2,1H3,(H,21,23). The molecule has 6 heteroatoms. The maximum Gasteiger partial charge on any atom is 0.224 e. The Bertz CT molecular complexity index is 742. The average molecular weight is 371 g/mol. The lowest BCUT2D eigenvalue weighted by Crippen LogP contribution is -2.14. The van der Waals surface area contributed by atoms with Crippen molar-refractivity contribution in [3.63, 3.8) is 0 Å². The van der Waals surface area contributed by atoms with Gasteiger partial charge in [0.1, 0.15) is 0 Å². The molecule has 0 radical (unpaired) electrons. The molecule has 2 aromatic carbocycles. The van der Waals surface area contributed by atoms with Gasteiger partial charge in [0.2, 0.25) is 5.91 Å². The molecule has 0 heterocycles. The van der Waals surface area contributed by atoms with Crippen molar-refractivity contribution in [2.75, 3.05) is 5.32 Å². The molecule has 0 atom stereocenters. The van der Waals surface area contributed by atoms with Crippen LogP contribution in [0.2, 0.25) is 15.1 Å². The van der Waals surface area contributed by atoms with E-state index in [-0.39, 0.29) is 29.6 Å². The van der Waals surface area contributed by atoms with Crippen LogP contribution in [0, 0.1) is 6.92 Å². The number of amides is 1. The normalized spacial score (nSPS) is 10.4. The molecule has 0 saturated heterocycles. The number of ketones is 1. The first kappa shape index (κ1) is 17.8. The SMILES string of the molecule is Cc1ccc(C(=O)CCC(=O)Nc2cc(Cl)c(Cl)cc2Cl)cc1. The molecule has 1 N–H and O–H groups in total. The molecular formula is C17H14Cl3NO2. The minimum atomic E-state index is -0.314. The number of anilines is 1. The number of benzene rings is 2. The predicted octanol–water partition coefficient (Wildman–Crippen LogP) is 5.56. The highest BCUT2D eigenvalue weighted by Crippen LogP contribution is 2.32. The van der Waals surface area contributed by atoms with Crippen molar-refractivity contribution in [1.29, 1.82) is 0 Å². The van der Waals surface area contributed by atoms with E-state index >= 15 is 0 Å². The quantitative estimate of drug-likeness (QED) is 0.553. The third kappa shape index (κ3) is 4.96. The van der Waals surface area contributed by atoms with Crippen LogP contribution in [0.5, 0.6) is 0 Å². The van der Waals surface area contributed by atoms with Crippen molar-refractivity contribution < 1.29 is 9.59 Å². The second-order valence-corrected chi connectivity index (χ2v) is 6.31. The van der Waals surface area contributed by atoms with Crippen molar-refractivity contribution in [3.8, 4) is 0 Å². The summed E-state index contributed by atoms with van der Waals surface area (Å²) >= 11 is 17.7. The highest BCUT2D eigenvalue weighted by Gasteiger charge is 2.12. The van der Waals surface area contributed by atoms with Crippen LogP contribution < -0.4 is 5.32 Å². The van der Waals surface area contributed by atoms with Crippen LogP contribution in [0.3, 0.4) is 0 Å². The number of nitrogens with one attached hydrogen (secondary N) is 1. The number of carbonyl (C=O) groups is 2. The molecule has 0 saturated carbocycles. The van der Waals surface area contributed by atoms with Gasteiger partial charge in [-0.1, -0.05) is 64.6 Å². The first-order valence-corrected chi connectivity index (χ1v) is 8.04. The van der Waals surface area contributed by atoms with Crippen LogP contribution in [0.1, 0.15) is 28.8 Å². The van der Waals surface area contributed by atoms with Crippen LogP contribution in [0.25, 0.3) is 0 Å². The van der Waals surface area contributed by atoms with Gasteiger partial charge in [0.25, 0.3) is 0 Å². The number of Topliss-reactive ketones (excluding diaryl/α,β-unsaturated/α-hetero) is 1. The van der Waals surface area contributed by atoms with E-state index in [0.29, 0.717) is 21.3 Å². The summed E-state index contributed by atoms with van der Waals surface area (Å²) in [5, 5.41) is 3.52. The summed E-state index contributed by atoms with van der Waals surface area (Å²) in [6.07, 6.45) is 0.178. The Morgan fingerprint density at radius 2 is 1.52 bits per heavy atom. The molecule has 120 valence electrons. The number of rotatable bonds is 5. The van der Waals surface area contributed by atoms with Gasteiger partial charge in [-0.2, -0.15) is 0 Å². The molecule has 23 heavy (non-hydrogen) atoms. The predicted molar refractivity (Wildman–Crippen MR) is 94.8 cm³/mol. The lowest BCUT2D eigenvalue weighted by molar-refractivity contribution is -0.116. The monoisotopic (exact) mass is 369 g/mol. The Morgan fingerprint density at radius 1 is 0.913 bits per heavy atom. The minimum absolute atomic E-state index is 0.0588. The van der Waals surface area contributed by atoms with Crippen molar-refractivity contribution in [3.05, 3.63) is 62.6 Å². The van der Waals surface area contributed by atoms with Crippen molar-refractivity contribution in [2.24, 2.45) is 0 Å². The summed E-state index contributed by atoms with van der Waals surface area (Å²) in [4.78, 5) is 24.0. The van der Waals surface area contributed by atoms with Crippen molar-refractivity contribution in [1.82, 2.24) is 0 Å². The van der Waals surface area contributed by atoms with Crippen LogP contribution in [-0.4, -0.2) is 11.7 Å². The number of halogens is 3. The Labute approximate surface area is 149 Å². The zero-order valence-corrected chi connectivity index (χ0v) is 14.6. The van der Waals surface area contributed by atoms with E-state index in [9.17, 15) is 9.59 Å². The summed E-state index contributed by atoms with van der Waals surface area (Å²) in [5.41, 5.74) is 2.04. The molecule has 0 aliphatic carbocycles. The molecule has 0 aliphatic heterocycles. The fourth-order valence-corrected chi connectivity index (χ4v) is 2.54. The molecule has 3 nitrogen and oxygen atoms in total. The van der Waals surface area contributed by atoms with Gasteiger partial charge in [-0.3, -0.25) is 9.59 Å². The summed E-state index contributed by atoms with van der Waals surface area (Å²) < 4.78 is 0. The Kier molecular flexibility index (Phi) is 6.05. The van der Waals surface area contributed by atoms with Gasteiger partial charge in [0.05, 0.1) is 20.8 Å². The lowest BCUT2D eigenvalue weighted by Gasteiger charge is -2.08. The lowest BCUT2D eigenvalue weighted by atomic mass is 10.0. The van der Waals surface area contributed by atoms with Gasteiger partial charge in [-0.25, -0.2) is 0 Å². The van der Waals surface area contributed by atoms with E-state index in [1.807, 2.05) is 19.1 Å². The van der Waals surface area contributed by atoms with Gasteiger partial charge in [0.15, 0.2) is 5.78 Å². The molecule has 0 bridgehead atoms. The van der Waals surface area contributed by atoms with E-state index in [0.717, 1.165) is 5.56 Å². The zero-order valence-electron chi connectivity index (χ0n) is 12.3. The number of carbonyl (C=O) groups excluding carboxylic acids is 2. The second-order valence-electron chi connectivity index (χ2n) is 5.08. The van der Waals surface area contributed by atoms with Crippen molar-refractivity contribution >= 4 is 52.2 Å². The number of hydrogen-bond acceptors (Lipinski definition) is 2. The first-order valence-electron chi connectivity index (χ1n) is 6.91. The van der Waals surface area contributed by atoms with E-state index in [4.69, 9.17) is 34.8 Å². The average Bonchev–Trinajstić information content (AvgIpc) is 2.51. The van der Waals surface area contributed by atoms with Crippen LogP contribution in [0.15, 0.2) is 36.4 Å². The summed E-state index contributed by atoms with van der Waals surface area (Å²) in [6, 6.07) is 10.2. The maximum atomic E-state index is 12.0. The molecule has 0 spiro atoms. The Hall–Kier alpha value is -1.55. The number of aryl methyl sites for hydroxylation is 1. The zero-order chi connectivity index (χ0) is 17.0. The summed E-state index contributed by atoms with van der Waals surface area (Å²) in [7, 11) is 0. The summed E-state index contributed by atoms with van der Waals surface area (Å²) in [5.74, 6) is -0.397. The second kappa shape index (κ2) is 7.82. The minimum Gasteiger partial charge on any atom is -0.325 e. The van der Waals surface area contributed by atoms with Gasteiger partial charge < -0.3 is 5.32 Å². The van der Waals surface area contributed by atoms with Crippen LogP contribution >= 0.6 is 34.8 Å². The fraction of sp³-hybridized carbons (Fsp3) is 0.176. The smallest absolute Gasteiger partial charge is 0.224 e. The Balaban J connectivity index is 1.94. The fourth-order valence-electron chi connectivity index (χ4n) is 1.94. The van der Waals surface area contributed by atoms with Gasteiger partial charge in [-0.15, -0.1) is 0 Å². The Morgan fingerprint density at radius 3 is 2.17 bits per heavy atom. The summed E-state index contributed by atoms with van der Waals surface area (Å²) in [6.45, 7) is 1.95. The van der Waals surface area contributed by atoms with Crippen LogP contribution in [-0.2, 0) is 4.79 Å². The molecule has 0 aromatic heterocycles. The highest BCUT2D eigenvalue weighted by molar-refractivity contribution is 6.44. The van der Waals surface area contributed by atoms with E-state index in [2.05, 4.69) is 5.32 Å². The molecule has 0 aliphatic rings. The van der Waals surface area contributed by atoms with Crippen LogP contribution in [0.4, 0.5) is 5.69 Å². The largest absolute Gasteiger partial charge is 0.325 e. The molecular weight excluding hydrogens is 357 g/mol. The highest BCUT2D eigenvalue weighted by atomic mass is 35.5. The van der Waals surface area contributed by atoms with Gasteiger partial charge in [0, 0.05) is 18.4 Å². The molecule has 2 aromatic rings.